The van der Waals surface area contributed by atoms with Crippen molar-refractivity contribution in [1.29, 1.82) is 0 Å². The molecule has 1 nitrogen and oxygen atoms in total. The Labute approximate surface area is 147 Å². The van der Waals surface area contributed by atoms with E-state index in [1.54, 1.807) is 0 Å². The lowest BCUT2D eigenvalue weighted by Gasteiger charge is -2.46. The lowest BCUT2D eigenvalue weighted by atomic mass is 9.60. The van der Waals surface area contributed by atoms with Crippen LogP contribution in [0.2, 0.25) is 0 Å². The molecule has 1 aliphatic rings. The van der Waals surface area contributed by atoms with Crippen molar-refractivity contribution in [2.75, 3.05) is 0 Å². The van der Waals surface area contributed by atoms with Crippen LogP contribution >= 0.6 is 0 Å². The second-order valence-corrected chi connectivity index (χ2v) is 8.78. The van der Waals surface area contributed by atoms with Crippen LogP contribution in [0.25, 0.3) is 11.3 Å². The molecule has 0 bridgehead atoms. The van der Waals surface area contributed by atoms with Crippen LogP contribution in [0.4, 0.5) is 0 Å². The molecule has 0 fully saturated rings. The first-order chi connectivity index (χ1) is 11.2. The highest BCUT2D eigenvalue weighted by Gasteiger charge is 2.56. The van der Waals surface area contributed by atoms with Crippen LogP contribution in [0.1, 0.15) is 72.4 Å². The Hall–Kier alpha value is -1.63. The number of hydrogen-bond acceptors (Lipinski definition) is 0. The Kier molecular flexibility index (Phi) is 3.90. The van der Waals surface area contributed by atoms with Gasteiger partial charge in [0.1, 0.15) is 0 Å². The van der Waals surface area contributed by atoms with Gasteiger partial charge in [-0.1, -0.05) is 46.8 Å². The van der Waals surface area contributed by atoms with E-state index in [1.807, 2.05) is 0 Å². The standard InChI is InChI=1S/C23H32N/c1-8-22(6)19-16-17(21(3,4)5)13-14-18(19)20-12-10-11-15-24(20)23(22,7)9-2/h10-16H,8-9H2,1-7H3/q+1. The first-order valence-electron chi connectivity index (χ1n) is 9.35. The van der Waals surface area contributed by atoms with E-state index in [1.165, 1.54) is 22.4 Å². The van der Waals surface area contributed by atoms with E-state index in [9.17, 15) is 0 Å². The lowest BCUT2D eigenvalue weighted by molar-refractivity contribution is -0.765. The van der Waals surface area contributed by atoms with Gasteiger partial charge in [0.25, 0.3) is 0 Å². The zero-order valence-electron chi connectivity index (χ0n) is 16.4. The van der Waals surface area contributed by atoms with Crippen molar-refractivity contribution < 1.29 is 4.57 Å². The van der Waals surface area contributed by atoms with Crippen molar-refractivity contribution in [1.82, 2.24) is 0 Å². The molecule has 0 aliphatic carbocycles. The van der Waals surface area contributed by atoms with Gasteiger partial charge in [-0.3, -0.25) is 0 Å². The van der Waals surface area contributed by atoms with Crippen LogP contribution < -0.4 is 4.57 Å². The van der Waals surface area contributed by atoms with E-state index < -0.39 is 0 Å². The molecular formula is C23H32N+. The van der Waals surface area contributed by atoms with E-state index in [4.69, 9.17) is 0 Å². The summed E-state index contributed by atoms with van der Waals surface area (Å²) in [5.41, 5.74) is 6.09. The molecule has 0 amide bonds. The average Bonchev–Trinajstić information content (AvgIpc) is 2.58. The molecule has 0 saturated carbocycles. The summed E-state index contributed by atoms with van der Waals surface area (Å²) in [6, 6.07) is 13.8. The van der Waals surface area contributed by atoms with E-state index in [0.29, 0.717) is 0 Å². The van der Waals surface area contributed by atoms with Crippen LogP contribution in [0.5, 0.6) is 0 Å². The van der Waals surface area contributed by atoms with E-state index in [0.717, 1.165) is 12.8 Å². The predicted octanol–water partition coefficient (Wildman–Crippen LogP) is 5.75. The summed E-state index contributed by atoms with van der Waals surface area (Å²) in [6.07, 6.45) is 4.53. The smallest absolute Gasteiger partial charge is 0.192 e. The maximum atomic E-state index is 2.52. The normalized spacial score (nSPS) is 26.0. The van der Waals surface area contributed by atoms with Crippen molar-refractivity contribution in [3.63, 3.8) is 0 Å². The van der Waals surface area contributed by atoms with E-state index in [-0.39, 0.29) is 16.4 Å². The van der Waals surface area contributed by atoms with E-state index in [2.05, 4.69) is 95.6 Å². The highest BCUT2D eigenvalue weighted by molar-refractivity contribution is 5.66. The molecule has 2 unspecified atom stereocenters. The number of aromatic nitrogens is 1. The van der Waals surface area contributed by atoms with E-state index >= 15 is 0 Å². The Morgan fingerprint density at radius 3 is 2.25 bits per heavy atom. The number of pyridine rings is 1. The summed E-state index contributed by atoms with van der Waals surface area (Å²) in [5, 5.41) is 0. The molecule has 24 heavy (non-hydrogen) atoms. The van der Waals surface area contributed by atoms with Gasteiger partial charge in [-0.05, 0) is 42.0 Å². The maximum absolute atomic E-state index is 2.52. The van der Waals surface area contributed by atoms with Gasteiger partial charge in [-0.25, -0.2) is 0 Å². The highest BCUT2D eigenvalue weighted by Crippen LogP contribution is 2.50. The van der Waals surface area contributed by atoms with Crippen LogP contribution in [-0.2, 0) is 16.4 Å². The molecule has 0 radical (unpaired) electrons. The van der Waals surface area contributed by atoms with Crippen LogP contribution in [0.15, 0.2) is 42.6 Å². The minimum absolute atomic E-state index is 0.0852. The number of nitrogens with zero attached hydrogens (tertiary/aromatic N) is 1. The van der Waals surface area contributed by atoms with Crippen molar-refractivity contribution in [3.05, 3.63) is 53.7 Å². The van der Waals surface area contributed by atoms with Crippen molar-refractivity contribution in [2.45, 2.75) is 77.7 Å². The molecule has 128 valence electrons. The lowest BCUT2D eigenvalue weighted by Crippen LogP contribution is -2.67. The molecule has 1 aromatic heterocycles. The topological polar surface area (TPSA) is 3.88 Å². The summed E-state index contributed by atoms with van der Waals surface area (Å²) in [5.74, 6) is 0. The van der Waals surface area contributed by atoms with Gasteiger partial charge >= 0.3 is 0 Å². The number of fused-ring (bicyclic) bond motifs is 3. The van der Waals surface area contributed by atoms with Gasteiger partial charge in [0.2, 0.25) is 5.69 Å². The minimum Gasteiger partial charge on any atom is -0.192 e. The van der Waals surface area contributed by atoms with Gasteiger partial charge in [-0.2, -0.15) is 4.57 Å². The Bertz CT molecular complexity index is 768. The zero-order chi connectivity index (χ0) is 17.8. The predicted molar refractivity (Wildman–Crippen MR) is 102 cm³/mol. The molecule has 2 atom stereocenters. The molecular weight excluding hydrogens is 290 g/mol. The summed E-state index contributed by atoms with van der Waals surface area (Å²) < 4.78 is 2.52. The summed E-state index contributed by atoms with van der Waals surface area (Å²) in [6.45, 7) is 16.5. The Morgan fingerprint density at radius 1 is 0.958 bits per heavy atom. The number of benzene rings is 1. The van der Waals surface area contributed by atoms with Gasteiger partial charge in [-0.15, -0.1) is 0 Å². The summed E-state index contributed by atoms with van der Waals surface area (Å²) >= 11 is 0. The summed E-state index contributed by atoms with van der Waals surface area (Å²) in [4.78, 5) is 0. The largest absolute Gasteiger partial charge is 0.213 e. The van der Waals surface area contributed by atoms with Crippen LogP contribution in [-0.4, -0.2) is 0 Å². The third kappa shape index (κ3) is 2.17. The van der Waals surface area contributed by atoms with Gasteiger partial charge < -0.3 is 0 Å². The third-order valence-electron chi connectivity index (χ3n) is 6.73. The quantitative estimate of drug-likeness (QED) is 0.620. The zero-order valence-corrected chi connectivity index (χ0v) is 16.4. The van der Waals surface area contributed by atoms with Crippen LogP contribution in [0, 0.1) is 0 Å². The highest BCUT2D eigenvalue weighted by atomic mass is 15.1. The second-order valence-electron chi connectivity index (χ2n) is 8.78. The Balaban J connectivity index is 2.39. The molecule has 1 heteroatoms. The molecule has 3 rings (SSSR count). The molecule has 0 N–H and O–H groups in total. The fourth-order valence-electron chi connectivity index (χ4n) is 4.47. The van der Waals surface area contributed by atoms with Crippen molar-refractivity contribution in [2.24, 2.45) is 0 Å². The maximum Gasteiger partial charge on any atom is 0.213 e. The minimum atomic E-state index is 0.0852. The first-order valence-corrected chi connectivity index (χ1v) is 9.35. The Morgan fingerprint density at radius 2 is 1.67 bits per heavy atom. The summed E-state index contributed by atoms with van der Waals surface area (Å²) in [7, 11) is 0. The SMILES string of the molecule is CCC1(C)c2cc(C(C)(C)C)ccc2-c2cccc[n+]2C1(C)CC. The van der Waals surface area contributed by atoms with Crippen LogP contribution in [0.3, 0.4) is 0 Å². The molecule has 2 aromatic rings. The average molecular weight is 323 g/mol. The molecule has 1 aliphatic heterocycles. The number of rotatable bonds is 2. The second kappa shape index (κ2) is 5.44. The van der Waals surface area contributed by atoms with Gasteiger partial charge in [0.15, 0.2) is 11.7 Å². The third-order valence-corrected chi connectivity index (χ3v) is 6.73. The molecule has 0 spiro atoms. The van der Waals surface area contributed by atoms with Crippen molar-refractivity contribution in [3.8, 4) is 11.3 Å². The molecule has 1 aromatic carbocycles. The monoisotopic (exact) mass is 322 g/mol. The van der Waals surface area contributed by atoms with Gasteiger partial charge in [0, 0.05) is 25.5 Å². The first kappa shape index (κ1) is 17.2. The molecule has 2 heterocycles. The van der Waals surface area contributed by atoms with Gasteiger partial charge in [0.05, 0.1) is 11.0 Å². The fourth-order valence-corrected chi connectivity index (χ4v) is 4.47. The fraction of sp³-hybridized carbons (Fsp3) is 0.522. The number of hydrogen-bond donors (Lipinski definition) is 0. The van der Waals surface area contributed by atoms with Crippen molar-refractivity contribution >= 4 is 0 Å². The molecule has 0 saturated heterocycles.